The third-order valence-electron chi connectivity index (χ3n) is 3.96. The Morgan fingerprint density at radius 2 is 1.85 bits per heavy atom. The Balaban J connectivity index is 0.00000243. The Labute approximate surface area is 153 Å². The smallest absolute Gasteiger partial charge is 0.247 e. The molecule has 7 nitrogen and oxygen atoms in total. The van der Waals surface area contributed by atoms with Crippen LogP contribution in [0.4, 0.5) is 11.8 Å². The summed E-state index contributed by atoms with van der Waals surface area (Å²) in [5.74, 6) is 2.66. The molecule has 134 valence electrons. The van der Waals surface area contributed by atoms with Crippen LogP contribution in [0.2, 0.25) is 0 Å². The Kier molecular flexibility index (Phi) is 5.68. The lowest BCUT2D eigenvalue weighted by molar-refractivity contribution is 0.781. The summed E-state index contributed by atoms with van der Waals surface area (Å²) in [6, 6.07) is 9.47. The van der Waals surface area contributed by atoms with Crippen molar-refractivity contribution in [1.82, 2.24) is 25.1 Å². The molecule has 0 amide bonds. The minimum absolute atomic E-state index is 0. The van der Waals surface area contributed by atoms with Crippen LogP contribution in [-0.2, 0) is 0 Å². The van der Waals surface area contributed by atoms with Crippen LogP contribution in [0.3, 0.4) is 0 Å². The average Bonchev–Trinajstić information content (AvgIpc) is 3.07. The van der Waals surface area contributed by atoms with Gasteiger partial charge in [0.25, 0.3) is 0 Å². The highest BCUT2D eigenvalue weighted by molar-refractivity contribution is 5.67. The van der Waals surface area contributed by atoms with E-state index in [0.29, 0.717) is 28.7 Å². The van der Waals surface area contributed by atoms with Crippen molar-refractivity contribution in [2.24, 2.45) is 0 Å². The fourth-order valence-electron chi connectivity index (χ4n) is 2.34. The highest BCUT2D eigenvalue weighted by Gasteiger charge is 2.14. The minimum Gasteiger partial charge on any atom is -0.307 e. The summed E-state index contributed by atoms with van der Waals surface area (Å²) >= 11 is 0. The summed E-state index contributed by atoms with van der Waals surface area (Å²) in [4.78, 5) is 13.6. The molecule has 2 aromatic heterocycles. The molecule has 7 heteroatoms. The van der Waals surface area contributed by atoms with Gasteiger partial charge in [-0.3, -0.25) is 5.10 Å². The van der Waals surface area contributed by atoms with Crippen molar-refractivity contribution in [3.63, 3.8) is 0 Å². The van der Waals surface area contributed by atoms with E-state index in [4.69, 9.17) is 0 Å². The van der Waals surface area contributed by atoms with Crippen LogP contribution in [0, 0.1) is 25.2 Å². The number of hydrogen-bond acceptors (Lipinski definition) is 6. The van der Waals surface area contributed by atoms with Crippen LogP contribution < -0.4 is 5.32 Å². The Morgan fingerprint density at radius 3 is 2.50 bits per heavy atom. The van der Waals surface area contributed by atoms with Crippen molar-refractivity contribution < 1.29 is 0 Å². The predicted octanol–water partition coefficient (Wildman–Crippen LogP) is 4.25. The van der Waals surface area contributed by atoms with Gasteiger partial charge < -0.3 is 5.32 Å². The quantitative estimate of drug-likeness (QED) is 0.729. The van der Waals surface area contributed by atoms with Gasteiger partial charge in [0, 0.05) is 22.7 Å². The first-order valence-electron chi connectivity index (χ1n) is 8.03. The van der Waals surface area contributed by atoms with Crippen LogP contribution in [-0.4, -0.2) is 25.1 Å². The molecule has 0 aliphatic rings. The first kappa shape index (κ1) is 19.1. The molecule has 26 heavy (non-hydrogen) atoms. The standard InChI is InChI=1S/C18H19N7.CH4/c1-10(2)15-22-18(25-24-15)23-16-11(3)12(4)20-17(21-16)14-8-6-5-7-13(14)9-19;/h5-8,10H,1-4H3,(H2,20,21,22,23,24,25);1H4. The lowest BCUT2D eigenvalue weighted by atomic mass is 10.1. The maximum atomic E-state index is 9.32. The van der Waals surface area contributed by atoms with Gasteiger partial charge in [0.2, 0.25) is 5.95 Å². The molecular formula is C19H23N7. The normalized spacial score (nSPS) is 10.3. The second-order valence-corrected chi connectivity index (χ2v) is 6.09. The number of nitrogens with zero attached hydrogens (tertiary/aromatic N) is 5. The number of aryl methyl sites for hydroxylation is 1. The zero-order chi connectivity index (χ0) is 18.0. The largest absolute Gasteiger partial charge is 0.307 e. The van der Waals surface area contributed by atoms with Gasteiger partial charge in [0.05, 0.1) is 11.6 Å². The number of H-pyrrole nitrogens is 1. The Bertz CT molecular complexity index is 951. The first-order valence-corrected chi connectivity index (χ1v) is 8.03. The van der Waals surface area contributed by atoms with Crippen molar-refractivity contribution >= 4 is 11.8 Å². The molecule has 0 bridgehead atoms. The molecule has 2 heterocycles. The molecule has 0 saturated heterocycles. The zero-order valence-corrected chi connectivity index (χ0v) is 14.6. The summed E-state index contributed by atoms with van der Waals surface area (Å²) in [5.41, 5.74) is 2.99. The van der Waals surface area contributed by atoms with E-state index in [2.05, 4.69) is 36.5 Å². The number of anilines is 2. The van der Waals surface area contributed by atoms with Crippen LogP contribution in [0.5, 0.6) is 0 Å². The van der Waals surface area contributed by atoms with Crippen LogP contribution >= 0.6 is 0 Å². The molecule has 0 saturated carbocycles. The van der Waals surface area contributed by atoms with Crippen molar-refractivity contribution in [1.29, 1.82) is 5.26 Å². The molecule has 0 radical (unpaired) electrons. The molecule has 0 aliphatic heterocycles. The lowest BCUT2D eigenvalue weighted by Gasteiger charge is -2.11. The molecular weight excluding hydrogens is 326 g/mol. The lowest BCUT2D eigenvalue weighted by Crippen LogP contribution is -2.04. The number of hydrogen-bond donors (Lipinski definition) is 2. The summed E-state index contributed by atoms with van der Waals surface area (Å²) in [6.45, 7) is 7.94. The number of nitriles is 1. The number of aromatic nitrogens is 5. The van der Waals surface area contributed by atoms with Crippen molar-refractivity contribution in [3.05, 3.63) is 46.9 Å². The highest BCUT2D eigenvalue weighted by atomic mass is 15.3. The zero-order valence-electron chi connectivity index (χ0n) is 14.6. The summed E-state index contributed by atoms with van der Waals surface area (Å²) in [7, 11) is 0. The molecule has 2 N–H and O–H groups in total. The van der Waals surface area contributed by atoms with Crippen molar-refractivity contribution in [2.75, 3.05) is 5.32 Å². The monoisotopic (exact) mass is 349 g/mol. The minimum atomic E-state index is 0. The van der Waals surface area contributed by atoms with Crippen LogP contribution in [0.15, 0.2) is 24.3 Å². The van der Waals surface area contributed by atoms with E-state index in [1.807, 2.05) is 45.9 Å². The summed E-state index contributed by atoms with van der Waals surface area (Å²) in [5, 5.41) is 19.6. The fourth-order valence-corrected chi connectivity index (χ4v) is 2.34. The van der Waals surface area contributed by atoms with Gasteiger partial charge >= 0.3 is 0 Å². The van der Waals surface area contributed by atoms with Crippen molar-refractivity contribution in [2.45, 2.75) is 41.0 Å². The third-order valence-corrected chi connectivity index (χ3v) is 3.96. The third kappa shape index (κ3) is 3.70. The van der Waals surface area contributed by atoms with E-state index in [1.165, 1.54) is 0 Å². The molecule has 0 unspecified atom stereocenters. The summed E-state index contributed by atoms with van der Waals surface area (Å²) in [6.07, 6.45) is 0. The number of rotatable bonds is 4. The van der Waals surface area contributed by atoms with Gasteiger partial charge in [-0.2, -0.15) is 10.2 Å². The topological polar surface area (TPSA) is 103 Å². The molecule has 0 spiro atoms. The maximum Gasteiger partial charge on any atom is 0.247 e. The second-order valence-electron chi connectivity index (χ2n) is 6.09. The van der Waals surface area contributed by atoms with Crippen molar-refractivity contribution in [3.8, 4) is 17.5 Å². The maximum absolute atomic E-state index is 9.32. The predicted molar refractivity (Wildman–Crippen MR) is 102 cm³/mol. The van der Waals surface area contributed by atoms with E-state index >= 15 is 0 Å². The molecule has 0 fully saturated rings. The van der Waals surface area contributed by atoms with Gasteiger partial charge in [0.15, 0.2) is 5.82 Å². The van der Waals surface area contributed by atoms with Gasteiger partial charge in [0.1, 0.15) is 11.6 Å². The second kappa shape index (κ2) is 7.74. The molecule has 1 aromatic carbocycles. The summed E-state index contributed by atoms with van der Waals surface area (Å²) < 4.78 is 0. The van der Waals surface area contributed by atoms with Crippen LogP contribution in [0.25, 0.3) is 11.4 Å². The van der Waals surface area contributed by atoms with E-state index in [-0.39, 0.29) is 13.3 Å². The first-order chi connectivity index (χ1) is 12.0. The molecule has 3 aromatic rings. The highest BCUT2D eigenvalue weighted by Crippen LogP contribution is 2.25. The fraction of sp³-hybridized carbons (Fsp3) is 0.316. The van der Waals surface area contributed by atoms with E-state index in [1.54, 1.807) is 6.07 Å². The van der Waals surface area contributed by atoms with E-state index in [0.717, 1.165) is 17.1 Å². The number of benzene rings is 1. The van der Waals surface area contributed by atoms with Gasteiger partial charge in [-0.1, -0.05) is 33.4 Å². The van der Waals surface area contributed by atoms with E-state index < -0.39 is 0 Å². The Morgan fingerprint density at radius 1 is 1.12 bits per heavy atom. The molecule has 3 rings (SSSR count). The van der Waals surface area contributed by atoms with Gasteiger partial charge in [-0.25, -0.2) is 9.97 Å². The average molecular weight is 349 g/mol. The van der Waals surface area contributed by atoms with Crippen LogP contribution in [0.1, 0.15) is 49.8 Å². The number of aromatic amines is 1. The van der Waals surface area contributed by atoms with E-state index in [9.17, 15) is 5.26 Å². The molecule has 0 atom stereocenters. The number of nitrogens with one attached hydrogen (secondary N) is 2. The SMILES string of the molecule is C.Cc1nc(-c2ccccc2C#N)nc(Nc2n[nH]c(C(C)C)n2)c1C. The Hall–Kier alpha value is -3.27. The van der Waals surface area contributed by atoms with Gasteiger partial charge in [-0.15, -0.1) is 5.10 Å². The molecule has 0 aliphatic carbocycles. The van der Waals surface area contributed by atoms with Gasteiger partial charge in [-0.05, 0) is 26.0 Å².